The number of fused-ring (bicyclic) bond motifs is 1. The summed E-state index contributed by atoms with van der Waals surface area (Å²) in [7, 11) is 0. The SMILES string of the molecule is CCCCNC(=O)NC(=O)CN1CCN(C(=O)[C@H]2COc3ccccc3O2)CC1. The van der Waals surface area contributed by atoms with Crippen LogP contribution in [0.2, 0.25) is 0 Å². The number of piperazine rings is 1. The molecule has 158 valence electrons. The van der Waals surface area contributed by atoms with Gasteiger partial charge >= 0.3 is 6.03 Å². The van der Waals surface area contributed by atoms with E-state index in [1.54, 1.807) is 11.0 Å². The van der Waals surface area contributed by atoms with Gasteiger partial charge in [0.25, 0.3) is 5.91 Å². The lowest BCUT2D eigenvalue weighted by atomic mass is 10.2. The molecule has 4 amide bonds. The van der Waals surface area contributed by atoms with Crippen LogP contribution in [0.4, 0.5) is 4.79 Å². The Balaban J connectivity index is 1.39. The van der Waals surface area contributed by atoms with Crippen LogP contribution >= 0.6 is 0 Å². The number of hydrogen-bond donors (Lipinski definition) is 2. The molecular weight excluding hydrogens is 376 g/mol. The first-order valence-corrected chi connectivity index (χ1v) is 10.0. The molecule has 3 rings (SSSR count). The number of nitrogens with one attached hydrogen (secondary N) is 2. The summed E-state index contributed by atoms with van der Waals surface area (Å²) in [4.78, 5) is 40.0. The minimum Gasteiger partial charge on any atom is -0.485 e. The summed E-state index contributed by atoms with van der Waals surface area (Å²) in [5.41, 5.74) is 0. The maximum atomic E-state index is 12.7. The van der Waals surface area contributed by atoms with Crippen molar-refractivity contribution in [3.8, 4) is 11.5 Å². The number of urea groups is 1. The molecule has 0 aromatic heterocycles. The number of benzene rings is 1. The zero-order valence-corrected chi connectivity index (χ0v) is 16.7. The lowest BCUT2D eigenvalue weighted by Gasteiger charge is -2.36. The normalized spacial score (nSPS) is 18.8. The second-order valence-corrected chi connectivity index (χ2v) is 7.12. The van der Waals surface area contributed by atoms with Crippen LogP contribution in [0.5, 0.6) is 11.5 Å². The predicted octanol–water partition coefficient (Wildman–Crippen LogP) is 0.597. The average Bonchev–Trinajstić information content (AvgIpc) is 2.73. The Morgan fingerprint density at radius 1 is 1.10 bits per heavy atom. The number of carbonyl (C=O) groups excluding carboxylic acids is 3. The summed E-state index contributed by atoms with van der Waals surface area (Å²) >= 11 is 0. The van der Waals surface area contributed by atoms with Gasteiger partial charge in [0, 0.05) is 32.7 Å². The number of nitrogens with zero attached hydrogens (tertiary/aromatic N) is 2. The van der Waals surface area contributed by atoms with E-state index in [0.29, 0.717) is 44.2 Å². The molecule has 0 bridgehead atoms. The highest BCUT2D eigenvalue weighted by Crippen LogP contribution is 2.31. The minimum atomic E-state index is -0.661. The molecule has 2 heterocycles. The Labute approximate surface area is 170 Å². The molecule has 2 aliphatic rings. The molecule has 2 aliphatic heterocycles. The molecule has 29 heavy (non-hydrogen) atoms. The van der Waals surface area contributed by atoms with Gasteiger partial charge in [-0.2, -0.15) is 0 Å². The zero-order chi connectivity index (χ0) is 20.6. The summed E-state index contributed by atoms with van der Waals surface area (Å²) in [6.45, 7) is 4.99. The van der Waals surface area contributed by atoms with Gasteiger partial charge in [0.15, 0.2) is 11.5 Å². The van der Waals surface area contributed by atoms with Gasteiger partial charge in [0.2, 0.25) is 12.0 Å². The topological polar surface area (TPSA) is 100 Å². The summed E-state index contributed by atoms with van der Waals surface area (Å²) in [6, 6.07) is 6.82. The van der Waals surface area contributed by atoms with Crippen molar-refractivity contribution in [3.05, 3.63) is 24.3 Å². The molecule has 1 aromatic rings. The van der Waals surface area contributed by atoms with Crippen molar-refractivity contribution in [3.63, 3.8) is 0 Å². The predicted molar refractivity (Wildman–Crippen MR) is 106 cm³/mol. The van der Waals surface area contributed by atoms with Crippen LogP contribution in [0.15, 0.2) is 24.3 Å². The Morgan fingerprint density at radius 3 is 2.55 bits per heavy atom. The monoisotopic (exact) mass is 404 g/mol. The number of carbonyl (C=O) groups is 3. The van der Waals surface area contributed by atoms with Gasteiger partial charge in [-0.05, 0) is 18.6 Å². The van der Waals surface area contributed by atoms with Gasteiger partial charge in [-0.15, -0.1) is 0 Å². The molecule has 1 atom stereocenters. The summed E-state index contributed by atoms with van der Waals surface area (Å²) in [5, 5.41) is 4.98. The van der Waals surface area contributed by atoms with Gasteiger partial charge in [-0.3, -0.25) is 19.8 Å². The van der Waals surface area contributed by atoms with Gasteiger partial charge in [0.1, 0.15) is 6.61 Å². The van der Waals surface area contributed by atoms with E-state index in [0.717, 1.165) is 12.8 Å². The highest BCUT2D eigenvalue weighted by Gasteiger charge is 2.32. The van der Waals surface area contributed by atoms with Crippen molar-refractivity contribution in [2.75, 3.05) is 45.9 Å². The maximum Gasteiger partial charge on any atom is 0.321 e. The molecule has 1 aromatic carbocycles. The highest BCUT2D eigenvalue weighted by molar-refractivity contribution is 5.95. The number of imide groups is 1. The molecule has 0 saturated carbocycles. The number of amides is 4. The van der Waals surface area contributed by atoms with Gasteiger partial charge in [-0.25, -0.2) is 4.79 Å². The van der Waals surface area contributed by atoms with Gasteiger partial charge in [-0.1, -0.05) is 25.5 Å². The van der Waals surface area contributed by atoms with E-state index < -0.39 is 12.1 Å². The van der Waals surface area contributed by atoms with Crippen molar-refractivity contribution >= 4 is 17.8 Å². The lowest BCUT2D eigenvalue weighted by molar-refractivity contribution is -0.143. The first kappa shape index (κ1) is 20.9. The fraction of sp³-hybridized carbons (Fsp3) is 0.550. The molecule has 0 aliphatic carbocycles. The maximum absolute atomic E-state index is 12.7. The van der Waals surface area contributed by atoms with Crippen molar-refractivity contribution in [2.24, 2.45) is 0 Å². The van der Waals surface area contributed by atoms with E-state index >= 15 is 0 Å². The van der Waals surface area contributed by atoms with Gasteiger partial charge in [0.05, 0.1) is 6.54 Å². The van der Waals surface area contributed by atoms with Crippen LogP contribution in [0.25, 0.3) is 0 Å². The zero-order valence-electron chi connectivity index (χ0n) is 16.7. The number of ether oxygens (including phenoxy) is 2. The molecule has 9 heteroatoms. The van der Waals surface area contributed by atoms with E-state index in [2.05, 4.69) is 10.6 Å². The third kappa shape index (κ3) is 5.83. The van der Waals surface area contributed by atoms with Crippen molar-refractivity contribution in [1.29, 1.82) is 0 Å². The summed E-state index contributed by atoms with van der Waals surface area (Å²) < 4.78 is 11.4. The van der Waals surface area contributed by atoms with Crippen LogP contribution < -0.4 is 20.1 Å². The number of para-hydroxylation sites is 2. The quantitative estimate of drug-likeness (QED) is 0.674. The smallest absolute Gasteiger partial charge is 0.321 e. The van der Waals surface area contributed by atoms with E-state index in [1.165, 1.54) is 0 Å². The van der Waals surface area contributed by atoms with E-state index in [1.807, 2.05) is 30.0 Å². The Kier molecular flexibility index (Phi) is 7.29. The summed E-state index contributed by atoms with van der Waals surface area (Å²) in [5.74, 6) is 0.758. The molecule has 0 unspecified atom stereocenters. The number of rotatable bonds is 6. The standard InChI is InChI=1S/C20H28N4O5/c1-2-3-8-21-20(27)22-18(25)13-23-9-11-24(12-10-23)19(26)17-14-28-15-6-4-5-7-16(15)29-17/h4-7,17H,2-3,8-14H2,1H3,(H2,21,22,25,27)/t17-/m1/s1. The van der Waals surface area contributed by atoms with Crippen molar-refractivity contribution in [1.82, 2.24) is 20.4 Å². The van der Waals surface area contributed by atoms with E-state index in [-0.39, 0.29) is 25.0 Å². The Hall–Kier alpha value is -2.81. The third-order valence-corrected chi connectivity index (χ3v) is 4.90. The van der Waals surface area contributed by atoms with E-state index in [9.17, 15) is 14.4 Å². The molecule has 0 radical (unpaired) electrons. The van der Waals surface area contributed by atoms with Gasteiger partial charge < -0.3 is 19.7 Å². The first-order chi connectivity index (χ1) is 14.1. The van der Waals surface area contributed by atoms with Crippen LogP contribution in [-0.2, 0) is 9.59 Å². The number of unbranched alkanes of at least 4 members (excludes halogenated alkanes) is 1. The Morgan fingerprint density at radius 2 is 1.83 bits per heavy atom. The Bertz CT molecular complexity index is 733. The molecule has 1 fully saturated rings. The average molecular weight is 404 g/mol. The molecular formula is C20H28N4O5. The van der Waals surface area contributed by atoms with Crippen LogP contribution in [0, 0.1) is 0 Å². The third-order valence-electron chi connectivity index (χ3n) is 4.90. The molecule has 1 saturated heterocycles. The fourth-order valence-corrected chi connectivity index (χ4v) is 3.26. The summed E-state index contributed by atoms with van der Waals surface area (Å²) in [6.07, 6.45) is 1.19. The second kappa shape index (κ2) is 10.1. The fourth-order valence-electron chi connectivity index (χ4n) is 3.26. The van der Waals surface area contributed by atoms with Crippen LogP contribution in [0.1, 0.15) is 19.8 Å². The molecule has 2 N–H and O–H groups in total. The first-order valence-electron chi connectivity index (χ1n) is 10.0. The van der Waals surface area contributed by atoms with Crippen LogP contribution in [0.3, 0.4) is 0 Å². The minimum absolute atomic E-state index is 0.112. The van der Waals surface area contributed by atoms with Crippen molar-refractivity contribution in [2.45, 2.75) is 25.9 Å². The molecule has 9 nitrogen and oxygen atoms in total. The lowest BCUT2D eigenvalue weighted by Crippen LogP contribution is -2.55. The largest absolute Gasteiger partial charge is 0.485 e. The molecule has 0 spiro atoms. The van der Waals surface area contributed by atoms with Crippen LogP contribution in [-0.4, -0.2) is 79.6 Å². The second-order valence-electron chi connectivity index (χ2n) is 7.12. The highest BCUT2D eigenvalue weighted by atomic mass is 16.6. The van der Waals surface area contributed by atoms with E-state index in [4.69, 9.17) is 9.47 Å². The number of hydrogen-bond acceptors (Lipinski definition) is 6. The van der Waals surface area contributed by atoms with Crippen molar-refractivity contribution < 1.29 is 23.9 Å².